The number of carbonyl (C=O) groups is 1. The van der Waals surface area contributed by atoms with Crippen molar-refractivity contribution in [1.29, 1.82) is 0 Å². The lowest BCUT2D eigenvalue weighted by Crippen LogP contribution is -2.19. The summed E-state index contributed by atoms with van der Waals surface area (Å²) in [5.41, 5.74) is 8.55. The quantitative estimate of drug-likeness (QED) is 0.648. The highest BCUT2D eigenvalue weighted by Crippen LogP contribution is 2.30. The topological polar surface area (TPSA) is 73.6 Å². The van der Waals surface area contributed by atoms with Crippen molar-refractivity contribution in [3.63, 3.8) is 0 Å². The Labute approximate surface area is 167 Å². The minimum absolute atomic E-state index is 0. The fraction of sp³-hybridized carbons (Fsp3) is 0.316. The summed E-state index contributed by atoms with van der Waals surface area (Å²) in [6.07, 6.45) is -3.84. The van der Waals surface area contributed by atoms with Gasteiger partial charge in [0, 0.05) is 17.8 Å². The molecule has 0 spiro atoms. The van der Waals surface area contributed by atoms with Gasteiger partial charge in [0.2, 0.25) is 5.91 Å². The summed E-state index contributed by atoms with van der Waals surface area (Å²) in [7, 11) is 1.34. The standard InChI is InChI=1S/C19H21F3N2O3.ClH/c1-12-3-6-14(23)10-15(12)24-18(25)8-5-13-4-7-16(17(9-13)26-2)27-11-19(20,21)22;/h3-4,6-7,9-10H,5,8,11,23H2,1-2H3,(H,24,25);1H. The number of halogens is 4. The van der Waals surface area contributed by atoms with Crippen molar-refractivity contribution in [1.82, 2.24) is 0 Å². The first-order valence-electron chi connectivity index (χ1n) is 8.20. The van der Waals surface area contributed by atoms with E-state index in [0.29, 0.717) is 17.8 Å². The van der Waals surface area contributed by atoms with E-state index in [1.165, 1.54) is 13.2 Å². The van der Waals surface area contributed by atoms with Crippen LogP contribution in [0.25, 0.3) is 0 Å². The number of nitrogens with two attached hydrogens (primary N) is 1. The van der Waals surface area contributed by atoms with Gasteiger partial charge >= 0.3 is 6.18 Å². The van der Waals surface area contributed by atoms with Crippen LogP contribution in [0.2, 0.25) is 0 Å². The molecule has 0 bridgehead atoms. The molecular weight excluding hydrogens is 397 g/mol. The zero-order valence-electron chi connectivity index (χ0n) is 15.4. The molecule has 0 aliphatic carbocycles. The van der Waals surface area contributed by atoms with Crippen LogP contribution in [-0.4, -0.2) is 25.8 Å². The van der Waals surface area contributed by atoms with E-state index >= 15 is 0 Å². The Hall–Kier alpha value is -2.61. The number of nitrogens with one attached hydrogen (secondary N) is 1. The molecule has 0 atom stereocenters. The number of rotatable bonds is 7. The van der Waals surface area contributed by atoms with Gasteiger partial charge < -0.3 is 20.5 Å². The van der Waals surface area contributed by atoms with Crippen LogP contribution in [0.15, 0.2) is 36.4 Å². The number of aryl methyl sites for hydroxylation is 2. The highest BCUT2D eigenvalue weighted by Gasteiger charge is 2.29. The van der Waals surface area contributed by atoms with Gasteiger partial charge in [-0.3, -0.25) is 4.79 Å². The maximum absolute atomic E-state index is 12.3. The zero-order valence-corrected chi connectivity index (χ0v) is 16.2. The van der Waals surface area contributed by atoms with Gasteiger partial charge in [-0.15, -0.1) is 12.4 Å². The van der Waals surface area contributed by atoms with Crippen molar-refractivity contribution in [2.45, 2.75) is 25.9 Å². The van der Waals surface area contributed by atoms with E-state index in [4.69, 9.17) is 15.2 Å². The molecule has 28 heavy (non-hydrogen) atoms. The van der Waals surface area contributed by atoms with Crippen molar-refractivity contribution in [2.75, 3.05) is 24.8 Å². The molecule has 3 N–H and O–H groups in total. The number of ether oxygens (including phenoxy) is 2. The maximum Gasteiger partial charge on any atom is 0.422 e. The molecule has 154 valence electrons. The third kappa shape index (κ3) is 7.19. The summed E-state index contributed by atoms with van der Waals surface area (Å²) >= 11 is 0. The molecule has 0 aliphatic heterocycles. The minimum atomic E-state index is -4.43. The van der Waals surface area contributed by atoms with E-state index in [9.17, 15) is 18.0 Å². The first-order chi connectivity index (χ1) is 12.7. The summed E-state index contributed by atoms with van der Waals surface area (Å²) in [4.78, 5) is 12.2. The number of benzene rings is 2. The van der Waals surface area contributed by atoms with Crippen LogP contribution in [0.1, 0.15) is 17.5 Å². The predicted molar refractivity (Wildman–Crippen MR) is 104 cm³/mol. The molecule has 0 saturated heterocycles. The van der Waals surface area contributed by atoms with Gasteiger partial charge in [-0.05, 0) is 48.7 Å². The Kier molecular flexibility index (Phi) is 8.43. The smallest absolute Gasteiger partial charge is 0.422 e. The molecule has 1 amide bonds. The molecule has 2 aromatic carbocycles. The fourth-order valence-electron chi connectivity index (χ4n) is 2.39. The molecule has 0 fully saturated rings. The van der Waals surface area contributed by atoms with E-state index in [2.05, 4.69) is 5.32 Å². The third-order valence-electron chi connectivity index (χ3n) is 3.80. The first kappa shape index (κ1) is 23.4. The second kappa shape index (κ2) is 10.1. The Morgan fingerprint density at radius 1 is 1.14 bits per heavy atom. The second-order valence-corrected chi connectivity index (χ2v) is 6.01. The zero-order chi connectivity index (χ0) is 20.0. The number of alkyl halides is 3. The molecule has 2 aromatic rings. The largest absolute Gasteiger partial charge is 0.493 e. The van der Waals surface area contributed by atoms with Crippen LogP contribution in [0.5, 0.6) is 11.5 Å². The molecule has 0 aromatic heterocycles. The molecule has 9 heteroatoms. The Bertz CT molecular complexity index is 813. The van der Waals surface area contributed by atoms with Gasteiger partial charge in [0.05, 0.1) is 7.11 Å². The van der Waals surface area contributed by atoms with Crippen molar-refractivity contribution in [2.24, 2.45) is 0 Å². The van der Waals surface area contributed by atoms with Gasteiger partial charge in [0.25, 0.3) is 0 Å². The molecule has 2 rings (SSSR count). The Morgan fingerprint density at radius 3 is 2.50 bits per heavy atom. The molecule has 0 heterocycles. The number of hydrogen-bond donors (Lipinski definition) is 2. The lowest BCUT2D eigenvalue weighted by Gasteiger charge is -2.14. The Morgan fingerprint density at radius 2 is 1.86 bits per heavy atom. The summed E-state index contributed by atoms with van der Waals surface area (Å²) < 4.78 is 46.7. The van der Waals surface area contributed by atoms with Gasteiger partial charge in [0.15, 0.2) is 18.1 Å². The number of nitrogen functional groups attached to an aromatic ring is 1. The SMILES string of the molecule is COc1cc(CCC(=O)Nc2cc(N)ccc2C)ccc1OCC(F)(F)F.Cl. The third-order valence-corrected chi connectivity index (χ3v) is 3.80. The second-order valence-electron chi connectivity index (χ2n) is 6.01. The molecule has 0 aliphatic rings. The average molecular weight is 419 g/mol. The van der Waals surface area contributed by atoms with Crippen molar-refractivity contribution >= 4 is 29.7 Å². The lowest BCUT2D eigenvalue weighted by atomic mass is 10.1. The summed E-state index contributed by atoms with van der Waals surface area (Å²) in [6.45, 7) is 0.463. The molecule has 5 nitrogen and oxygen atoms in total. The van der Waals surface area contributed by atoms with Crippen molar-refractivity contribution in [3.05, 3.63) is 47.5 Å². The number of hydrogen-bond acceptors (Lipinski definition) is 4. The summed E-state index contributed by atoms with van der Waals surface area (Å²) in [5.74, 6) is -0.0117. The monoisotopic (exact) mass is 418 g/mol. The number of amides is 1. The van der Waals surface area contributed by atoms with Crippen LogP contribution in [0.4, 0.5) is 24.5 Å². The van der Waals surface area contributed by atoms with Gasteiger partial charge in [0.1, 0.15) is 0 Å². The maximum atomic E-state index is 12.3. The summed E-state index contributed by atoms with van der Waals surface area (Å²) in [6, 6.07) is 9.82. The highest BCUT2D eigenvalue weighted by atomic mass is 35.5. The molecule has 0 unspecified atom stereocenters. The van der Waals surface area contributed by atoms with Crippen LogP contribution >= 0.6 is 12.4 Å². The van der Waals surface area contributed by atoms with Crippen LogP contribution in [0.3, 0.4) is 0 Å². The average Bonchev–Trinajstić information content (AvgIpc) is 2.61. The Balaban J connectivity index is 0.00000392. The van der Waals surface area contributed by atoms with E-state index in [1.807, 2.05) is 13.0 Å². The number of anilines is 2. The molecular formula is C19H22ClF3N2O3. The van der Waals surface area contributed by atoms with Crippen LogP contribution in [0, 0.1) is 6.92 Å². The van der Waals surface area contributed by atoms with Crippen LogP contribution < -0.4 is 20.5 Å². The van der Waals surface area contributed by atoms with Crippen molar-refractivity contribution < 1.29 is 27.4 Å². The minimum Gasteiger partial charge on any atom is -0.493 e. The van der Waals surface area contributed by atoms with Gasteiger partial charge in [-0.2, -0.15) is 13.2 Å². The van der Waals surface area contributed by atoms with E-state index in [-0.39, 0.29) is 36.2 Å². The normalized spacial score (nSPS) is 10.8. The first-order valence-corrected chi connectivity index (χ1v) is 8.20. The fourth-order valence-corrected chi connectivity index (χ4v) is 2.39. The van der Waals surface area contributed by atoms with Gasteiger partial charge in [-0.1, -0.05) is 12.1 Å². The lowest BCUT2D eigenvalue weighted by molar-refractivity contribution is -0.153. The van der Waals surface area contributed by atoms with Crippen LogP contribution in [-0.2, 0) is 11.2 Å². The predicted octanol–water partition coefficient (Wildman–Crippen LogP) is 4.52. The highest BCUT2D eigenvalue weighted by molar-refractivity contribution is 5.92. The molecule has 0 radical (unpaired) electrons. The summed E-state index contributed by atoms with van der Waals surface area (Å²) in [5, 5.41) is 2.80. The van der Waals surface area contributed by atoms with E-state index in [1.54, 1.807) is 24.3 Å². The van der Waals surface area contributed by atoms with E-state index in [0.717, 1.165) is 11.1 Å². The van der Waals surface area contributed by atoms with Gasteiger partial charge in [-0.25, -0.2) is 0 Å². The number of carbonyl (C=O) groups excluding carboxylic acids is 1. The number of methoxy groups -OCH3 is 1. The van der Waals surface area contributed by atoms with Crippen molar-refractivity contribution in [3.8, 4) is 11.5 Å². The molecule has 0 saturated carbocycles. The van der Waals surface area contributed by atoms with E-state index < -0.39 is 12.8 Å².